The van der Waals surface area contributed by atoms with Crippen molar-refractivity contribution >= 4 is 39.5 Å². The van der Waals surface area contributed by atoms with Gasteiger partial charge in [0.2, 0.25) is 10.0 Å². The Kier molecular flexibility index (Phi) is 5.95. The molecule has 1 aromatic rings. The first-order valence-electron chi connectivity index (χ1n) is 10.1. The van der Waals surface area contributed by atoms with Gasteiger partial charge in [-0.2, -0.15) is 9.31 Å². The van der Waals surface area contributed by atoms with E-state index in [4.69, 9.17) is 16.3 Å². The van der Waals surface area contributed by atoms with E-state index >= 15 is 0 Å². The molecule has 4 amide bonds. The molecule has 2 heterocycles. The molecule has 12 heteroatoms. The first-order chi connectivity index (χ1) is 14.7. The molecule has 1 aliphatic carbocycles. The zero-order valence-electron chi connectivity index (χ0n) is 16.7. The van der Waals surface area contributed by atoms with E-state index in [-0.39, 0.29) is 41.8 Å². The van der Waals surface area contributed by atoms with Crippen LogP contribution in [-0.4, -0.2) is 67.4 Å². The molecule has 0 unspecified atom stereocenters. The summed E-state index contributed by atoms with van der Waals surface area (Å²) in [6.45, 7) is 0.898. The van der Waals surface area contributed by atoms with Crippen LogP contribution in [-0.2, 0) is 19.6 Å². The van der Waals surface area contributed by atoms with E-state index in [1.807, 2.05) is 0 Å². The van der Waals surface area contributed by atoms with Crippen molar-refractivity contribution in [3.63, 3.8) is 0 Å². The summed E-state index contributed by atoms with van der Waals surface area (Å²) in [6, 6.07) is 3.09. The number of hydrogen-bond donors (Lipinski definition) is 2. The largest absolute Gasteiger partial charge is 0.379 e. The lowest BCUT2D eigenvalue weighted by atomic mass is 9.82. The van der Waals surface area contributed by atoms with Gasteiger partial charge in [-0.05, 0) is 31.0 Å². The number of ether oxygens (including phenoxy) is 1. The van der Waals surface area contributed by atoms with Crippen molar-refractivity contribution in [3.8, 4) is 0 Å². The molecule has 2 N–H and O–H groups in total. The Labute approximate surface area is 184 Å². The summed E-state index contributed by atoms with van der Waals surface area (Å²) in [7, 11) is -3.94. The number of carbonyl (C=O) groups is 3. The van der Waals surface area contributed by atoms with Gasteiger partial charge in [0.25, 0.3) is 11.8 Å². The summed E-state index contributed by atoms with van der Waals surface area (Å²) in [5.41, 5.74) is 1.29. The molecule has 4 rings (SSSR count). The molecule has 3 aliphatic rings. The normalized spacial score (nSPS) is 21.9. The Morgan fingerprint density at radius 1 is 1.13 bits per heavy atom. The average Bonchev–Trinajstić information content (AvgIpc) is 2.98. The number of amides is 4. The minimum atomic E-state index is -3.94. The third-order valence-electron chi connectivity index (χ3n) is 5.86. The number of halogens is 1. The van der Waals surface area contributed by atoms with Crippen LogP contribution in [0.5, 0.6) is 0 Å². The molecule has 3 fully saturated rings. The van der Waals surface area contributed by atoms with Crippen LogP contribution in [0.25, 0.3) is 0 Å². The zero-order chi connectivity index (χ0) is 22.2. The molecule has 0 bridgehead atoms. The van der Waals surface area contributed by atoms with Gasteiger partial charge in [-0.1, -0.05) is 30.9 Å². The molecule has 31 heavy (non-hydrogen) atoms. The van der Waals surface area contributed by atoms with Gasteiger partial charge < -0.3 is 10.1 Å². The second-order valence-corrected chi connectivity index (χ2v) is 10.1. The van der Waals surface area contributed by atoms with Gasteiger partial charge in [-0.3, -0.25) is 15.0 Å². The van der Waals surface area contributed by atoms with Gasteiger partial charge in [-0.15, -0.1) is 0 Å². The van der Waals surface area contributed by atoms with Crippen molar-refractivity contribution in [2.75, 3.05) is 26.3 Å². The minimum Gasteiger partial charge on any atom is -0.379 e. The van der Waals surface area contributed by atoms with Crippen LogP contribution in [0, 0.1) is 0 Å². The summed E-state index contributed by atoms with van der Waals surface area (Å²) in [4.78, 5) is 37.7. The van der Waals surface area contributed by atoms with Crippen LogP contribution in [0.2, 0.25) is 5.02 Å². The standard InChI is InChI=1S/C19H23ClN4O6S/c20-14-5-4-13(12-15(14)31(28,29)23-8-10-30-11-9-23)16(25)22-24-17(26)19(21-18(24)27)6-2-1-3-7-19/h4-5,12H,1-3,6-11H2,(H,21,27)(H,22,25). The Hall–Kier alpha value is -2.21. The fraction of sp³-hybridized carbons (Fsp3) is 0.526. The van der Waals surface area contributed by atoms with E-state index in [9.17, 15) is 22.8 Å². The Morgan fingerprint density at radius 2 is 1.81 bits per heavy atom. The number of rotatable bonds is 4. The number of sulfonamides is 1. The smallest absolute Gasteiger partial charge is 0.344 e. The second-order valence-electron chi connectivity index (χ2n) is 7.82. The lowest BCUT2D eigenvalue weighted by molar-refractivity contribution is -0.134. The van der Waals surface area contributed by atoms with Crippen molar-refractivity contribution in [3.05, 3.63) is 28.8 Å². The van der Waals surface area contributed by atoms with Gasteiger partial charge in [-0.25, -0.2) is 13.2 Å². The summed E-state index contributed by atoms with van der Waals surface area (Å²) < 4.78 is 32.3. The summed E-state index contributed by atoms with van der Waals surface area (Å²) in [6.07, 6.45) is 3.66. The van der Waals surface area contributed by atoms with Gasteiger partial charge in [0.05, 0.1) is 18.2 Å². The highest BCUT2D eigenvalue weighted by atomic mass is 35.5. The molecule has 168 valence electrons. The maximum atomic E-state index is 13.0. The molecule has 1 spiro atoms. The summed E-state index contributed by atoms with van der Waals surface area (Å²) >= 11 is 6.12. The van der Waals surface area contributed by atoms with Crippen molar-refractivity contribution in [1.82, 2.24) is 20.1 Å². The fourth-order valence-corrected chi connectivity index (χ4v) is 6.06. The Bertz CT molecular complexity index is 1020. The lowest BCUT2D eigenvalue weighted by Crippen LogP contribution is -2.51. The molecular formula is C19H23ClN4O6S. The quantitative estimate of drug-likeness (QED) is 0.638. The topological polar surface area (TPSA) is 125 Å². The number of carbonyl (C=O) groups excluding carboxylic acids is 3. The minimum absolute atomic E-state index is 0.0285. The molecule has 10 nitrogen and oxygen atoms in total. The van der Waals surface area contributed by atoms with Gasteiger partial charge in [0, 0.05) is 18.7 Å². The summed E-state index contributed by atoms with van der Waals surface area (Å²) in [5, 5.41) is 3.35. The first-order valence-corrected chi connectivity index (χ1v) is 11.9. The molecule has 2 aliphatic heterocycles. The highest BCUT2D eigenvalue weighted by Crippen LogP contribution is 2.33. The Balaban J connectivity index is 1.55. The lowest BCUT2D eigenvalue weighted by Gasteiger charge is -2.30. The molecule has 2 saturated heterocycles. The van der Waals surface area contributed by atoms with Crippen LogP contribution in [0.1, 0.15) is 42.5 Å². The number of urea groups is 1. The highest BCUT2D eigenvalue weighted by molar-refractivity contribution is 7.89. The molecule has 0 radical (unpaired) electrons. The highest BCUT2D eigenvalue weighted by Gasteiger charge is 2.52. The number of hydrogen-bond acceptors (Lipinski definition) is 6. The van der Waals surface area contributed by atoms with Crippen LogP contribution in [0.4, 0.5) is 4.79 Å². The average molecular weight is 471 g/mol. The number of nitrogens with zero attached hydrogens (tertiary/aromatic N) is 2. The van der Waals surface area contributed by atoms with Crippen LogP contribution < -0.4 is 10.7 Å². The van der Waals surface area contributed by atoms with Gasteiger partial charge in [0.1, 0.15) is 10.4 Å². The number of nitrogens with one attached hydrogen (secondary N) is 2. The van der Waals surface area contributed by atoms with Gasteiger partial charge >= 0.3 is 6.03 Å². The maximum Gasteiger partial charge on any atom is 0.344 e. The molecular weight excluding hydrogens is 448 g/mol. The van der Waals surface area contributed by atoms with E-state index in [1.165, 1.54) is 16.4 Å². The molecule has 0 atom stereocenters. The second kappa shape index (κ2) is 8.38. The number of hydrazine groups is 1. The monoisotopic (exact) mass is 470 g/mol. The first kappa shape index (κ1) is 22.0. The SMILES string of the molecule is O=C(NN1C(=O)NC2(CCCCC2)C1=O)c1ccc(Cl)c(S(=O)(=O)N2CCOCC2)c1. The summed E-state index contributed by atoms with van der Waals surface area (Å²) in [5.74, 6) is -1.29. The zero-order valence-corrected chi connectivity index (χ0v) is 18.3. The van der Waals surface area contributed by atoms with Crippen LogP contribution >= 0.6 is 11.6 Å². The van der Waals surface area contributed by atoms with Crippen molar-refractivity contribution < 1.29 is 27.5 Å². The number of imide groups is 1. The van der Waals surface area contributed by atoms with Gasteiger partial charge in [0.15, 0.2) is 0 Å². The van der Waals surface area contributed by atoms with Crippen molar-refractivity contribution in [2.45, 2.75) is 42.5 Å². The van der Waals surface area contributed by atoms with E-state index in [0.29, 0.717) is 17.9 Å². The van der Waals surface area contributed by atoms with Crippen LogP contribution in [0.3, 0.4) is 0 Å². The predicted molar refractivity (Wildman–Crippen MR) is 110 cm³/mol. The van der Waals surface area contributed by atoms with Crippen molar-refractivity contribution in [1.29, 1.82) is 0 Å². The maximum absolute atomic E-state index is 13.0. The van der Waals surface area contributed by atoms with E-state index in [0.717, 1.165) is 25.3 Å². The van der Waals surface area contributed by atoms with E-state index in [2.05, 4.69) is 10.7 Å². The molecule has 1 saturated carbocycles. The van der Waals surface area contributed by atoms with Crippen molar-refractivity contribution in [2.24, 2.45) is 0 Å². The number of morpholine rings is 1. The van der Waals surface area contributed by atoms with Crippen LogP contribution in [0.15, 0.2) is 23.1 Å². The third kappa shape index (κ3) is 4.02. The molecule has 1 aromatic carbocycles. The molecule has 0 aromatic heterocycles. The Morgan fingerprint density at radius 3 is 2.48 bits per heavy atom. The number of benzene rings is 1. The predicted octanol–water partition coefficient (Wildman–Crippen LogP) is 1.26. The van der Waals surface area contributed by atoms with E-state index < -0.39 is 33.4 Å². The third-order valence-corrected chi connectivity index (χ3v) is 8.24. The van der Waals surface area contributed by atoms with E-state index in [1.54, 1.807) is 0 Å². The fourth-order valence-electron chi connectivity index (χ4n) is 4.15.